The van der Waals surface area contributed by atoms with Gasteiger partial charge in [-0.1, -0.05) is 23.8 Å². The van der Waals surface area contributed by atoms with Crippen LogP contribution in [0, 0.1) is 20.8 Å². The molecule has 1 fully saturated rings. The van der Waals surface area contributed by atoms with Crippen molar-refractivity contribution < 1.29 is 19.4 Å². The van der Waals surface area contributed by atoms with Gasteiger partial charge in [0.1, 0.15) is 17.6 Å². The number of carbonyl (C=O) groups excluding carboxylic acids is 2. The number of hydrogen-bond acceptors (Lipinski definition) is 5. The number of aromatic nitrogens is 1. The smallest absolute Gasteiger partial charge is 0.300 e. The normalized spacial score (nSPS) is 17.6. The Morgan fingerprint density at radius 1 is 1.00 bits per heavy atom. The molecular formula is C26H24N2O4. The summed E-state index contributed by atoms with van der Waals surface area (Å²) in [6, 6.07) is 15.3. The second-order valence-corrected chi connectivity index (χ2v) is 7.89. The van der Waals surface area contributed by atoms with Gasteiger partial charge in [0.05, 0.1) is 18.4 Å². The van der Waals surface area contributed by atoms with Crippen molar-refractivity contribution in [3.8, 4) is 5.75 Å². The molecule has 1 atom stereocenters. The first-order valence-electron chi connectivity index (χ1n) is 10.3. The lowest BCUT2D eigenvalue weighted by molar-refractivity contribution is -0.132. The second-order valence-electron chi connectivity index (χ2n) is 7.89. The molecule has 0 saturated carbocycles. The number of benzene rings is 2. The minimum absolute atomic E-state index is 0.0157. The van der Waals surface area contributed by atoms with E-state index in [1.165, 1.54) is 4.90 Å². The van der Waals surface area contributed by atoms with Crippen molar-refractivity contribution in [1.29, 1.82) is 0 Å². The Kier molecular flexibility index (Phi) is 5.53. The van der Waals surface area contributed by atoms with Crippen LogP contribution in [-0.2, 0) is 9.59 Å². The van der Waals surface area contributed by atoms with Crippen LogP contribution in [0.15, 0.2) is 66.4 Å². The maximum Gasteiger partial charge on any atom is 0.300 e. The molecule has 1 saturated heterocycles. The van der Waals surface area contributed by atoms with Gasteiger partial charge in [-0.05, 0) is 68.3 Å². The lowest BCUT2D eigenvalue weighted by Crippen LogP contribution is -2.30. The van der Waals surface area contributed by atoms with Gasteiger partial charge in [0.15, 0.2) is 0 Å². The quantitative estimate of drug-likeness (QED) is 0.372. The summed E-state index contributed by atoms with van der Waals surface area (Å²) in [6.07, 6.45) is 1.61. The van der Waals surface area contributed by atoms with Crippen LogP contribution >= 0.6 is 0 Å². The first-order chi connectivity index (χ1) is 15.3. The summed E-state index contributed by atoms with van der Waals surface area (Å²) in [7, 11) is 1.56. The van der Waals surface area contributed by atoms with E-state index in [0.717, 1.165) is 16.7 Å². The lowest BCUT2D eigenvalue weighted by Gasteiger charge is -2.26. The van der Waals surface area contributed by atoms with Crippen molar-refractivity contribution in [3.05, 3.63) is 94.3 Å². The first-order valence-corrected chi connectivity index (χ1v) is 10.3. The van der Waals surface area contributed by atoms with Gasteiger partial charge in [0, 0.05) is 17.4 Å². The third-order valence-corrected chi connectivity index (χ3v) is 5.71. The third-order valence-electron chi connectivity index (χ3n) is 5.71. The standard InChI is InChI=1S/C26H24N2O4/c1-15-8-11-21(17(3)13-15)28-23(20-7-5-6-12-27-20)22(25(30)26(28)31)24(29)19-10-9-18(32-4)14-16(19)2/h5-14,23,29H,1-4H3/b24-22+. The number of anilines is 1. The molecule has 6 nitrogen and oxygen atoms in total. The molecule has 0 spiro atoms. The molecule has 1 aliphatic heterocycles. The van der Waals surface area contributed by atoms with E-state index in [2.05, 4.69) is 4.98 Å². The number of pyridine rings is 1. The zero-order chi connectivity index (χ0) is 23.0. The van der Waals surface area contributed by atoms with Gasteiger partial charge in [-0.2, -0.15) is 0 Å². The second kappa shape index (κ2) is 8.30. The van der Waals surface area contributed by atoms with Crippen LogP contribution in [0.4, 0.5) is 5.69 Å². The number of aliphatic hydroxyl groups excluding tert-OH is 1. The van der Waals surface area contributed by atoms with Gasteiger partial charge in [-0.25, -0.2) is 0 Å². The van der Waals surface area contributed by atoms with Crippen LogP contribution in [0.1, 0.15) is 34.0 Å². The minimum Gasteiger partial charge on any atom is -0.507 e. The van der Waals surface area contributed by atoms with E-state index < -0.39 is 17.7 Å². The maximum atomic E-state index is 13.2. The average Bonchev–Trinajstić information content (AvgIpc) is 3.04. The molecule has 2 aromatic carbocycles. The van der Waals surface area contributed by atoms with E-state index in [1.807, 2.05) is 39.0 Å². The highest BCUT2D eigenvalue weighted by Gasteiger charge is 2.48. The maximum absolute atomic E-state index is 13.2. The fourth-order valence-corrected chi connectivity index (χ4v) is 4.15. The summed E-state index contributed by atoms with van der Waals surface area (Å²) in [5.74, 6) is -1.03. The lowest BCUT2D eigenvalue weighted by atomic mass is 9.96. The molecule has 0 bridgehead atoms. The number of rotatable bonds is 4. The van der Waals surface area contributed by atoms with Crippen LogP contribution in [0.25, 0.3) is 5.76 Å². The number of amides is 1. The predicted octanol–water partition coefficient (Wildman–Crippen LogP) is 4.64. The number of ketones is 1. The number of ether oxygens (including phenoxy) is 1. The largest absolute Gasteiger partial charge is 0.507 e. The van der Waals surface area contributed by atoms with Gasteiger partial charge >= 0.3 is 0 Å². The van der Waals surface area contributed by atoms with Crippen molar-refractivity contribution in [2.45, 2.75) is 26.8 Å². The van der Waals surface area contributed by atoms with Crippen molar-refractivity contribution in [2.24, 2.45) is 0 Å². The molecule has 1 N–H and O–H groups in total. The van der Waals surface area contributed by atoms with Crippen LogP contribution in [0.5, 0.6) is 5.75 Å². The Morgan fingerprint density at radius 2 is 1.78 bits per heavy atom. The predicted molar refractivity (Wildman–Crippen MR) is 123 cm³/mol. The van der Waals surface area contributed by atoms with Crippen LogP contribution in [0.2, 0.25) is 0 Å². The number of hydrogen-bond donors (Lipinski definition) is 1. The molecule has 2 heterocycles. The fraction of sp³-hybridized carbons (Fsp3) is 0.192. The van der Waals surface area contributed by atoms with E-state index in [-0.39, 0.29) is 11.3 Å². The summed E-state index contributed by atoms with van der Waals surface area (Å²) in [6.45, 7) is 5.67. The van der Waals surface area contributed by atoms with Gasteiger partial charge in [-0.3, -0.25) is 19.5 Å². The van der Waals surface area contributed by atoms with Crippen molar-refractivity contribution in [2.75, 3.05) is 12.0 Å². The van der Waals surface area contributed by atoms with E-state index >= 15 is 0 Å². The van der Waals surface area contributed by atoms with Crippen molar-refractivity contribution >= 4 is 23.1 Å². The third kappa shape index (κ3) is 3.54. The van der Waals surface area contributed by atoms with Gasteiger partial charge in [-0.15, -0.1) is 0 Å². The summed E-state index contributed by atoms with van der Waals surface area (Å²) < 4.78 is 5.24. The van der Waals surface area contributed by atoms with Crippen molar-refractivity contribution in [3.63, 3.8) is 0 Å². The molecule has 1 aromatic heterocycles. The zero-order valence-electron chi connectivity index (χ0n) is 18.4. The van der Waals surface area contributed by atoms with Gasteiger partial charge in [0.2, 0.25) is 0 Å². The minimum atomic E-state index is -0.848. The van der Waals surface area contributed by atoms with Crippen LogP contribution < -0.4 is 9.64 Å². The number of aliphatic hydroxyl groups is 1. The Bertz CT molecular complexity index is 1250. The van der Waals surface area contributed by atoms with Gasteiger partial charge in [0.25, 0.3) is 11.7 Å². The summed E-state index contributed by atoms with van der Waals surface area (Å²) in [5.41, 5.74) is 4.21. The monoisotopic (exact) mass is 428 g/mol. The fourth-order valence-electron chi connectivity index (χ4n) is 4.15. The first kappa shape index (κ1) is 21.3. The number of nitrogens with zero attached hydrogens (tertiary/aromatic N) is 2. The Balaban J connectivity index is 1.96. The molecule has 3 aromatic rings. The van der Waals surface area contributed by atoms with E-state index in [1.54, 1.807) is 49.7 Å². The Hall–Kier alpha value is -3.93. The van der Waals surface area contributed by atoms with E-state index in [9.17, 15) is 14.7 Å². The van der Waals surface area contributed by atoms with Crippen LogP contribution in [-0.4, -0.2) is 28.9 Å². The SMILES string of the molecule is COc1ccc(/C(O)=C2\C(=O)C(=O)N(c3ccc(C)cc3C)C2c2ccccn2)c(C)c1. The molecule has 4 rings (SSSR count). The van der Waals surface area contributed by atoms with Gasteiger partial charge < -0.3 is 9.84 Å². The van der Waals surface area contributed by atoms with E-state index in [0.29, 0.717) is 22.7 Å². The molecule has 32 heavy (non-hydrogen) atoms. The summed E-state index contributed by atoms with van der Waals surface area (Å²) >= 11 is 0. The summed E-state index contributed by atoms with van der Waals surface area (Å²) in [4.78, 5) is 32.3. The highest BCUT2D eigenvalue weighted by Crippen LogP contribution is 2.43. The topological polar surface area (TPSA) is 79.7 Å². The molecule has 1 amide bonds. The molecule has 0 aliphatic carbocycles. The molecule has 162 valence electrons. The number of carbonyl (C=O) groups is 2. The summed E-state index contributed by atoms with van der Waals surface area (Å²) in [5, 5.41) is 11.3. The Morgan fingerprint density at radius 3 is 2.41 bits per heavy atom. The zero-order valence-corrected chi connectivity index (χ0v) is 18.4. The van der Waals surface area contributed by atoms with Crippen LogP contribution in [0.3, 0.4) is 0 Å². The molecule has 1 unspecified atom stereocenters. The molecule has 6 heteroatoms. The Labute approximate surface area is 186 Å². The van der Waals surface area contributed by atoms with Crippen molar-refractivity contribution in [1.82, 2.24) is 4.98 Å². The highest BCUT2D eigenvalue weighted by molar-refractivity contribution is 6.51. The van der Waals surface area contributed by atoms with E-state index in [4.69, 9.17) is 4.74 Å². The number of aryl methyl sites for hydroxylation is 3. The average molecular weight is 428 g/mol. The molecule has 1 aliphatic rings. The highest BCUT2D eigenvalue weighted by atomic mass is 16.5. The number of methoxy groups -OCH3 is 1. The molecular weight excluding hydrogens is 404 g/mol. The number of Topliss-reactive ketones (excluding diaryl/α,β-unsaturated/α-hetero) is 1. The molecule has 0 radical (unpaired) electrons.